The van der Waals surface area contributed by atoms with Crippen molar-refractivity contribution in [2.24, 2.45) is 4.99 Å². The van der Waals surface area contributed by atoms with Gasteiger partial charge < -0.3 is 10.6 Å². The average molecular weight is 390 g/mol. The quantitative estimate of drug-likeness (QED) is 0.794. The number of fused-ring (bicyclic) bond motifs is 1. The van der Waals surface area contributed by atoms with Crippen LogP contribution in [0, 0.1) is 5.82 Å². The van der Waals surface area contributed by atoms with Gasteiger partial charge in [-0.3, -0.25) is 9.79 Å². The van der Waals surface area contributed by atoms with Crippen LogP contribution in [0.2, 0.25) is 0 Å². The predicted molar refractivity (Wildman–Crippen MR) is 99.2 cm³/mol. The van der Waals surface area contributed by atoms with Gasteiger partial charge in [0.1, 0.15) is 12.4 Å². The number of likely N-dealkylation sites (N-methyl/N-ethyl adjacent to an activating group) is 1. The number of anilines is 2. The zero-order valence-electron chi connectivity index (χ0n) is 13.4. The number of nitrogens with zero attached hydrogens (tertiary/aromatic N) is 2. The Balaban J connectivity index is 2.19. The van der Waals surface area contributed by atoms with Gasteiger partial charge in [0, 0.05) is 40.1 Å². The number of benzene rings is 2. The summed E-state index contributed by atoms with van der Waals surface area (Å²) in [6, 6.07) is 7.19. The second kappa shape index (κ2) is 6.36. The summed E-state index contributed by atoms with van der Waals surface area (Å²) < 4.78 is 15.5. The van der Waals surface area contributed by atoms with Gasteiger partial charge in [0.15, 0.2) is 0 Å². The SMILES string of the molecule is CCc1c(N)cc(Br)c(-c2ccc3c(c2)C=NCC(=O)N3C)c1F. The molecule has 124 valence electrons. The molecule has 1 aliphatic heterocycles. The first-order chi connectivity index (χ1) is 11.4. The fraction of sp³-hybridized carbons (Fsp3) is 0.222. The van der Waals surface area contributed by atoms with Crippen molar-refractivity contribution in [3.8, 4) is 11.1 Å². The highest BCUT2D eigenvalue weighted by Gasteiger charge is 2.20. The van der Waals surface area contributed by atoms with Gasteiger partial charge in [0.25, 0.3) is 0 Å². The molecule has 3 rings (SSSR count). The standard InChI is InChI=1S/C18H17BrFN3O/c1-3-12-14(21)7-13(19)17(18(12)20)10-4-5-15-11(6-10)8-22-9-16(24)23(15)2/h4-8H,3,9,21H2,1-2H3. The van der Waals surface area contributed by atoms with Gasteiger partial charge in [-0.25, -0.2) is 4.39 Å². The second-order valence-corrected chi connectivity index (χ2v) is 6.52. The normalized spacial score (nSPS) is 13.8. The molecule has 1 heterocycles. The molecule has 0 aromatic heterocycles. The van der Waals surface area contributed by atoms with Crippen molar-refractivity contribution in [2.45, 2.75) is 13.3 Å². The smallest absolute Gasteiger partial charge is 0.248 e. The van der Waals surface area contributed by atoms with E-state index in [0.717, 1.165) is 11.3 Å². The first-order valence-electron chi connectivity index (χ1n) is 7.61. The lowest BCUT2D eigenvalue weighted by molar-refractivity contribution is -0.116. The van der Waals surface area contributed by atoms with Gasteiger partial charge in [-0.15, -0.1) is 0 Å². The van der Waals surface area contributed by atoms with E-state index < -0.39 is 0 Å². The van der Waals surface area contributed by atoms with E-state index in [1.165, 1.54) is 0 Å². The van der Waals surface area contributed by atoms with E-state index in [-0.39, 0.29) is 18.3 Å². The maximum absolute atomic E-state index is 14.9. The number of nitrogen functional groups attached to an aromatic ring is 1. The molecule has 24 heavy (non-hydrogen) atoms. The van der Waals surface area contributed by atoms with Gasteiger partial charge in [0.2, 0.25) is 5.91 Å². The van der Waals surface area contributed by atoms with E-state index in [1.54, 1.807) is 30.3 Å². The number of amides is 1. The number of nitrogens with two attached hydrogens (primary N) is 1. The summed E-state index contributed by atoms with van der Waals surface area (Å²) >= 11 is 3.41. The number of carbonyl (C=O) groups is 1. The van der Waals surface area contributed by atoms with Crippen molar-refractivity contribution >= 4 is 39.4 Å². The third kappa shape index (κ3) is 2.71. The Labute approximate surface area is 148 Å². The summed E-state index contributed by atoms with van der Waals surface area (Å²) in [6.07, 6.45) is 2.17. The van der Waals surface area contributed by atoms with Crippen LogP contribution in [0.25, 0.3) is 11.1 Å². The fourth-order valence-electron chi connectivity index (χ4n) is 2.88. The number of halogens is 2. The number of hydrogen-bond acceptors (Lipinski definition) is 3. The molecule has 1 amide bonds. The van der Waals surface area contributed by atoms with Crippen LogP contribution in [0.4, 0.5) is 15.8 Å². The Hall–Kier alpha value is -2.21. The largest absolute Gasteiger partial charge is 0.398 e. The van der Waals surface area contributed by atoms with Crippen LogP contribution < -0.4 is 10.6 Å². The maximum atomic E-state index is 14.9. The van der Waals surface area contributed by atoms with Crippen molar-refractivity contribution in [1.29, 1.82) is 0 Å². The number of benzodiazepines with no additional fused rings is 1. The van der Waals surface area contributed by atoms with Gasteiger partial charge in [-0.2, -0.15) is 0 Å². The van der Waals surface area contributed by atoms with Gasteiger partial charge in [-0.05, 0) is 46.1 Å². The number of aliphatic imine (C=N–C) groups is 1. The van der Waals surface area contributed by atoms with Gasteiger partial charge in [0.05, 0.1) is 5.69 Å². The molecule has 1 aliphatic rings. The summed E-state index contributed by atoms with van der Waals surface area (Å²) in [5, 5.41) is 0. The third-order valence-electron chi connectivity index (χ3n) is 4.22. The molecule has 0 saturated heterocycles. The molecule has 6 heteroatoms. The van der Waals surface area contributed by atoms with Crippen LogP contribution in [0.1, 0.15) is 18.1 Å². The lowest BCUT2D eigenvalue weighted by atomic mass is 9.97. The van der Waals surface area contributed by atoms with Crippen molar-refractivity contribution in [1.82, 2.24) is 0 Å². The Bertz CT molecular complexity index is 864. The molecule has 4 nitrogen and oxygen atoms in total. The van der Waals surface area contributed by atoms with E-state index in [4.69, 9.17) is 5.73 Å². The van der Waals surface area contributed by atoms with Crippen molar-refractivity contribution in [3.05, 3.63) is 45.7 Å². The molecule has 0 radical (unpaired) electrons. The summed E-state index contributed by atoms with van der Waals surface area (Å²) in [4.78, 5) is 17.6. The van der Waals surface area contributed by atoms with E-state index in [0.29, 0.717) is 33.3 Å². The fourth-order valence-corrected chi connectivity index (χ4v) is 3.53. The van der Waals surface area contributed by atoms with E-state index in [2.05, 4.69) is 20.9 Å². The minimum atomic E-state index is -0.320. The minimum absolute atomic E-state index is 0.0779. The zero-order chi connectivity index (χ0) is 17.4. The summed E-state index contributed by atoms with van der Waals surface area (Å²) in [7, 11) is 1.71. The molecular weight excluding hydrogens is 373 g/mol. The monoisotopic (exact) mass is 389 g/mol. The Morgan fingerprint density at radius 1 is 1.38 bits per heavy atom. The first kappa shape index (κ1) is 16.6. The summed E-state index contributed by atoms with van der Waals surface area (Å²) in [5.74, 6) is -0.398. The molecule has 0 saturated carbocycles. The molecular formula is C18H17BrFN3O. The Kier molecular flexibility index (Phi) is 4.41. The highest BCUT2D eigenvalue weighted by atomic mass is 79.9. The second-order valence-electron chi connectivity index (χ2n) is 5.66. The van der Waals surface area contributed by atoms with Crippen LogP contribution in [-0.4, -0.2) is 25.7 Å². The molecule has 2 aromatic rings. The van der Waals surface area contributed by atoms with Crippen molar-refractivity contribution < 1.29 is 9.18 Å². The molecule has 0 bridgehead atoms. The van der Waals surface area contributed by atoms with Crippen LogP contribution in [0.15, 0.2) is 33.7 Å². The zero-order valence-corrected chi connectivity index (χ0v) is 15.0. The van der Waals surface area contributed by atoms with Crippen LogP contribution >= 0.6 is 15.9 Å². The maximum Gasteiger partial charge on any atom is 0.248 e. The first-order valence-corrected chi connectivity index (χ1v) is 8.40. The lowest BCUT2D eigenvalue weighted by Gasteiger charge is -2.18. The number of hydrogen-bond donors (Lipinski definition) is 1. The number of carbonyl (C=O) groups excluding carboxylic acids is 1. The van der Waals surface area contributed by atoms with Gasteiger partial charge in [-0.1, -0.05) is 13.0 Å². The summed E-state index contributed by atoms with van der Waals surface area (Å²) in [5.41, 5.74) is 9.57. The van der Waals surface area contributed by atoms with E-state index in [1.807, 2.05) is 19.1 Å². The minimum Gasteiger partial charge on any atom is -0.398 e. The van der Waals surface area contributed by atoms with Crippen LogP contribution in [-0.2, 0) is 11.2 Å². The topological polar surface area (TPSA) is 58.7 Å². The molecule has 0 spiro atoms. The molecule has 0 unspecified atom stereocenters. The Morgan fingerprint density at radius 3 is 2.83 bits per heavy atom. The van der Waals surface area contributed by atoms with Gasteiger partial charge >= 0.3 is 0 Å². The molecule has 2 aromatic carbocycles. The van der Waals surface area contributed by atoms with E-state index in [9.17, 15) is 9.18 Å². The van der Waals surface area contributed by atoms with Crippen molar-refractivity contribution in [3.63, 3.8) is 0 Å². The molecule has 0 fully saturated rings. The highest BCUT2D eigenvalue weighted by molar-refractivity contribution is 9.10. The average Bonchev–Trinajstić information content (AvgIpc) is 2.67. The molecule has 0 aliphatic carbocycles. The van der Waals surface area contributed by atoms with Crippen LogP contribution in [0.3, 0.4) is 0 Å². The van der Waals surface area contributed by atoms with Crippen LogP contribution in [0.5, 0.6) is 0 Å². The predicted octanol–water partition coefficient (Wildman–Crippen LogP) is 3.80. The molecule has 0 atom stereocenters. The Morgan fingerprint density at radius 2 is 2.12 bits per heavy atom. The molecule has 2 N–H and O–H groups in total. The van der Waals surface area contributed by atoms with Crippen molar-refractivity contribution in [2.75, 3.05) is 24.2 Å². The number of rotatable bonds is 2. The highest BCUT2D eigenvalue weighted by Crippen LogP contribution is 2.37. The summed E-state index contributed by atoms with van der Waals surface area (Å²) in [6.45, 7) is 1.98. The third-order valence-corrected chi connectivity index (χ3v) is 4.84. The van der Waals surface area contributed by atoms with E-state index >= 15 is 0 Å². The lowest BCUT2D eigenvalue weighted by Crippen LogP contribution is -2.27.